The quantitative estimate of drug-likeness (QED) is 0.800. The highest BCUT2D eigenvalue weighted by molar-refractivity contribution is 7.55. The van der Waals surface area contributed by atoms with Crippen molar-refractivity contribution in [3.05, 3.63) is 59.7 Å². The minimum Gasteiger partial charge on any atom is -0.326 e. The summed E-state index contributed by atoms with van der Waals surface area (Å²) in [6.45, 7) is 1.18. The van der Waals surface area contributed by atoms with Gasteiger partial charge in [-0.15, -0.1) is 0 Å². The minimum atomic E-state index is 0.589. The predicted octanol–water partition coefficient (Wildman–Crippen LogP) is 1.50. The average Bonchev–Trinajstić information content (AvgIpc) is 2.39. The Bertz CT molecular complexity index is 452. The van der Waals surface area contributed by atoms with Crippen molar-refractivity contribution in [3.8, 4) is 0 Å². The molecule has 0 spiro atoms. The van der Waals surface area contributed by atoms with Gasteiger partial charge in [0.1, 0.15) is 0 Å². The van der Waals surface area contributed by atoms with Crippen molar-refractivity contribution < 1.29 is 0 Å². The molecule has 17 heavy (non-hydrogen) atoms. The summed E-state index contributed by atoms with van der Waals surface area (Å²) in [6, 6.07) is 16.7. The van der Waals surface area contributed by atoms with Gasteiger partial charge < -0.3 is 11.5 Å². The fourth-order valence-electron chi connectivity index (χ4n) is 1.66. The van der Waals surface area contributed by atoms with Crippen LogP contribution in [0.2, 0.25) is 0 Å². The van der Waals surface area contributed by atoms with Crippen LogP contribution in [-0.4, -0.2) is 0 Å². The van der Waals surface area contributed by atoms with Gasteiger partial charge in [0.15, 0.2) is 0 Å². The van der Waals surface area contributed by atoms with Crippen LogP contribution in [-0.2, 0) is 13.1 Å². The predicted molar refractivity (Wildman–Crippen MR) is 74.9 cm³/mol. The maximum Gasteiger partial charge on any atom is 0.0178 e. The van der Waals surface area contributed by atoms with Crippen molar-refractivity contribution >= 4 is 19.2 Å². The fourth-order valence-corrected chi connectivity index (χ4v) is 2.74. The van der Waals surface area contributed by atoms with Crippen LogP contribution in [0.1, 0.15) is 11.1 Å². The molecule has 0 amide bonds. The van der Waals surface area contributed by atoms with Crippen LogP contribution in [0.25, 0.3) is 0 Å². The Morgan fingerprint density at radius 2 is 1.24 bits per heavy atom. The van der Waals surface area contributed by atoms with Crippen LogP contribution in [0.15, 0.2) is 48.5 Å². The third-order valence-electron chi connectivity index (χ3n) is 2.55. The Hall–Kier alpha value is -1.21. The standard InChI is InChI=1S/C14H16N2P/c15-9-11-3-1-5-13(7-11)17-14-6-2-4-12(8-14)10-16/h1-8H,9-10,15-16H2. The summed E-state index contributed by atoms with van der Waals surface area (Å²) < 4.78 is 0. The first-order valence-electron chi connectivity index (χ1n) is 5.61. The summed E-state index contributed by atoms with van der Waals surface area (Å²) in [5.74, 6) is 0. The molecule has 4 N–H and O–H groups in total. The summed E-state index contributed by atoms with van der Waals surface area (Å²) in [5, 5.41) is 2.53. The number of rotatable bonds is 4. The van der Waals surface area contributed by atoms with Crippen LogP contribution >= 0.6 is 8.58 Å². The van der Waals surface area contributed by atoms with Crippen LogP contribution in [0.5, 0.6) is 0 Å². The smallest absolute Gasteiger partial charge is 0.0178 e. The molecular formula is C14H16N2P. The molecule has 0 atom stereocenters. The highest BCUT2D eigenvalue weighted by Crippen LogP contribution is 2.12. The van der Waals surface area contributed by atoms with Crippen molar-refractivity contribution in [1.82, 2.24) is 0 Å². The molecule has 0 saturated carbocycles. The molecule has 0 aromatic heterocycles. The van der Waals surface area contributed by atoms with Gasteiger partial charge in [-0.05, 0) is 42.4 Å². The second-order valence-corrected chi connectivity index (χ2v) is 5.12. The molecule has 0 aliphatic rings. The molecule has 0 heterocycles. The summed E-state index contributed by atoms with van der Waals surface area (Å²) in [4.78, 5) is 0. The highest BCUT2D eigenvalue weighted by atomic mass is 31.1. The van der Waals surface area contributed by atoms with Gasteiger partial charge in [0.2, 0.25) is 0 Å². The zero-order chi connectivity index (χ0) is 12.1. The average molecular weight is 243 g/mol. The van der Waals surface area contributed by atoms with Crippen LogP contribution in [0.3, 0.4) is 0 Å². The van der Waals surface area contributed by atoms with Crippen molar-refractivity contribution in [1.29, 1.82) is 0 Å². The SMILES string of the molecule is NCc1cccc([P]c2cccc(CN)c2)c1. The van der Waals surface area contributed by atoms with E-state index >= 15 is 0 Å². The van der Waals surface area contributed by atoms with Gasteiger partial charge in [0, 0.05) is 13.1 Å². The second kappa shape index (κ2) is 5.92. The van der Waals surface area contributed by atoms with E-state index in [1.54, 1.807) is 0 Å². The van der Waals surface area contributed by atoms with E-state index < -0.39 is 0 Å². The van der Waals surface area contributed by atoms with Crippen molar-refractivity contribution in [2.45, 2.75) is 13.1 Å². The molecule has 0 saturated heterocycles. The summed E-state index contributed by atoms with van der Waals surface area (Å²) in [5.41, 5.74) is 13.6. The van der Waals surface area contributed by atoms with Gasteiger partial charge in [-0.2, -0.15) is 0 Å². The molecule has 2 aromatic rings. The van der Waals surface area contributed by atoms with Gasteiger partial charge in [0.25, 0.3) is 0 Å². The molecule has 0 aliphatic carbocycles. The third kappa shape index (κ3) is 3.37. The van der Waals surface area contributed by atoms with Crippen molar-refractivity contribution in [2.75, 3.05) is 0 Å². The molecule has 2 rings (SSSR count). The molecule has 0 bridgehead atoms. The first-order valence-corrected chi connectivity index (χ1v) is 6.51. The summed E-state index contributed by atoms with van der Waals surface area (Å²) in [7, 11) is 1.20. The molecule has 2 aromatic carbocycles. The molecule has 87 valence electrons. The lowest BCUT2D eigenvalue weighted by atomic mass is 10.2. The minimum absolute atomic E-state index is 0.589. The lowest BCUT2D eigenvalue weighted by Crippen LogP contribution is -2.07. The topological polar surface area (TPSA) is 52.0 Å². The zero-order valence-electron chi connectivity index (χ0n) is 9.63. The van der Waals surface area contributed by atoms with Gasteiger partial charge in [0.05, 0.1) is 0 Å². The monoisotopic (exact) mass is 243 g/mol. The number of benzene rings is 2. The van der Waals surface area contributed by atoms with E-state index in [4.69, 9.17) is 11.5 Å². The Morgan fingerprint density at radius 1 is 0.765 bits per heavy atom. The largest absolute Gasteiger partial charge is 0.326 e. The van der Waals surface area contributed by atoms with Gasteiger partial charge >= 0.3 is 0 Å². The number of hydrogen-bond acceptors (Lipinski definition) is 2. The van der Waals surface area contributed by atoms with Crippen LogP contribution in [0.4, 0.5) is 0 Å². The Labute approximate surface area is 104 Å². The van der Waals surface area contributed by atoms with Crippen LogP contribution < -0.4 is 22.1 Å². The van der Waals surface area contributed by atoms with E-state index in [2.05, 4.69) is 48.5 Å². The Balaban J connectivity index is 2.18. The molecular weight excluding hydrogens is 227 g/mol. The molecule has 3 heteroatoms. The lowest BCUT2D eigenvalue weighted by molar-refractivity contribution is 1.07. The van der Waals surface area contributed by atoms with E-state index in [9.17, 15) is 0 Å². The van der Waals surface area contributed by atoms with Gasteiger partial charge in [-0.3, -0.25) is 0 Å². The van der Waals surface area contributed by atoms with E-state index in [0.29, 0.717) is 13.1 Å². The highest BCUT2D eigenvalue weighted by Gasteiger charge is 1.99. The Kier molecular flexibility index (Phi) is 4.27. The molecule has 2 nitrogen and oxygen atoms in total. The molecule has 0 fully saturated rings. The first kappa shape index (κ1) is 12.3. The number of hydrogen-bond donors (Lipinski definition) is 2. The van der Waals surface area contributed by atoms with E-state index in [1.807, 2.05) is 0 Å². The van der Waals surface area contributed by atoms with Crippen molar-refractivity contribution in [3.63, 3.8) is 0 Å². The Morgan fingerprint density at radius 3 is 1.65 bits per heavy atom. The number of nitrogens with two attached hydrogens (primary N) is 2. The van der Waals surface area contributed by atoms with E-state index in [-0.39, 0.29) is 0 Å². The lowest BCUT2D eigenvalue weighted by Gasteiger charge is -2.05. The fraction of sp³-hybridized carbons (Fsp3) is 0.143. The van der Waals surface area contributed by atoms with Gasteiger partial charge in [-0.1, -0.05) is 36.4 Å². The second-order valence-electron chi connectivity index (χ2n) is 3.86. The van der Waals surface area contributed by atoms with E-state index in [1.165, 1.54) is 30.3 Å². The zero-order valence-corrected chi connectivity index (χ0v) is 10.5. The van der Waals surface area contributed by atoms with Crippen molar-refractivity contribution in [2.24, 2.45) is 11.5 Å². The molecule has 0 aliphatic heterocycles. The van der Waals surface area contributed by atoms with Crippen LogP contribution in [0, 0.1) is 0 Å². The molecule has 0 unspecified atom stereocenters. The third-order valence-corrected chi connectivity index (χ3v) is 3.62. The summed E-state index contributed by atoms with van der Waals surface area (Å²) >= 11 is 0. The summed E-state index contributed by atoms with van der Waals surface area (Å²) in [6.07, 6.45) is 0. The normalized spacial score (nSPS) is 10.5. The maximum atomic E-state index is 5.64. The first-order chi connectivity index (χ1) is 8.31. The molecule has 1 radical (unpaired) electrons. The van der Waals surface area contributed by atoms with Gasteiger partial charge in [-0.25, -0.2) is 0 Å². The van der Waals surface area contributed by atoms with E-state index in [0.717, 1.165) is 0 Å². The maximum absolute atomic E-state index is 5.64.